The zero-order valence-corrected chi connectivity index (χ0v) is 18.3. The Hall–Kier alpha value is -1.90. The number of hydrogen-bond acceptors (Lipinski definition) is 5. The number of benzene rings is 1. The number of fused-ring (bicyclic) bond motifs is 1. The van der Waals surface area contributed by atoms with Crippen molar-refractivity contribution >= 4 is 33.8 Å². The highest BCUT2D eigenvalue weighted by atomic mass is 79.9. The number of morpholine rings is 1. The van der Waals surface area contributed by atoms with Crippen LogP contribution in [0.25, 0.3) is 6.08 Å². The third kappa shape index (κ3) is 5.38. The van der Waals surface area contributed by atoms with Gasteiger partial charge in [-0.25, -0.2) is 0 Å². The third-order valence-electron chi connectivity index (χ3n) is 5.32. The Kier molecular flexibility index (Phi) is 7.69. The van der Waals surface area contributed by atoms with Crippen LogP contribution in [0.15, 0.2) is 34.5 Å². The van der Waals surface area contributed by atoms with Crippen molar-refractivity contribution < 1.29 is 23.8 Å². The van der Waals surface area contributed by atoms with Crippen LogP contribution in [0.1, 0.15) is 31.2 Å². The number of halogens is 1. The highest BCUT2D eigenvalue weighted by Gasteiger charge is 2.42. The van der Waals surface area contributed by atoms with Crippen LogP contribution in [-0.4, -0.2) is 62.5 Å². The zero-order valence-electron chi connectivity index (χ0n) is 16.7. The maximum absolute atomic E-state index is 13.2. The van der Waals surface area contributed by atoms with Gasteiger partial charge in [-0.05, 0) is 37.0 Å². The van der Waals surface area contributed by atoms with Crippen molar-refractivity contribution in [1.29, 1.82) is 0 Å². The molecule has 1 saturated carbocycles. The zero-order chi connectivity index (χ0) is 20.8. The summed E-state index contributed by atoms with van der Waals surface area (Å²) in [6.07, 6.45) is 4.93. The smallest absolute Gasteiger partial charge is 0.289 e. The van der Waals surface area contributed by atoms with Gasteiger partial charge in [0.1, 0.15) is 12.6 Å². The van der Waals surface area contributed by atoms with E-state index in [4.69, 9.17) is 14.2 Å². The summed E-state index contributed by atoms with van der Waals surface area (Å²) in [5.74, 6) is -0.225. The summed E-state index contributed by atoms with van der Waals surface area (Å²) >= 11 is 3.50. The van der Waals surface area contributed by atoms with Crippen LogP contribution in [0.2, 0.25) is 0 Å². The molecule has 2 amide bonds. The number of rotatable bonds is 7. The molecule has 1 aliphatic heterocycles. The molecule has 8 heteroatoms. The minimum Gasteiger partial charge on any atom is -0.482 e. The number of nitrogens with zero attached hydrogens (tertiary/aromatic N) is 1. The molecule has 158 valence electrons. The standard InChI is InChI=1S/C21H27BrN2O5/c1-27-20(28-2)12-23-19(25)13-24-16-9-5-6-10-17(16)29-18(21(24)26)11-14-7-3-4-8-15(14)22/h3-4,7-8,11,16-17,20H,5-6,9-10,12-13H2,1-2H3,(H,23,25)/b18-11+. The van der Waals surface area contributed by atoms with Gasteiger partial charge in [-0.1, -0.05) is 40.5 Å². The van der Waals surface area contributed by atoms with E-state index in [1.54, 1.807) is 11.0 Å². The lowest BCUT2D eigenvalue weighted by molar-refractivity contribution is -0.152. The average Bonchev–Trinajstić information content (AvgIpc) is 2.73. The van der Waals surface area contributed by atoms with Gasteiger partial charge in [0, 0.05) is 18.7 Å². The lowest BCUT2D eigenvalue weighted by Gasteiger charge is -2.44. The molecule has 0 aromatic heterocycles. The molecule has 2 unspecified atom stereocenters. The topological polar surface area (TPSA) is 77.1 Å². The fourth-order valence-corrected chi connectivity index (χ4v) is 4.17. The van der Waals surface area contributed by atoms with Gasteiger partial charge in [0.25, 0.3) is 5.91 Å². The molecule has 1 saturated heterocycles. The van der Waals surface area contributed by atoms with Crippen LogP contribution in [0, 0.1) is 0 Å². The van der Waals surface area contributed by atoms with Gasteiger partial charge < -0.3 is 24.4 Å². The van der Waals surface area contributed by atoms with Crippen molar-refractivity contribution in [2.75, 3.05) is 27.3 Å². The van der Waals surface area contributed by atoms with Crippen LogP contribution in [0.5, 0.6) is 0 Å². The van der Waals surface area contributed by atoms with Crippen molar-refractivity contribution in [1.82, 2.24) is 10.2 Å². The first-order chi connectivity index (χ1) is 14.0. The quantitative estimate of drug-likeness (QED) is 0.493. The van der Waals surface area contributed by atoms with Crippen LogP contribution in [-0.2, 0) is 23.8 Å². The molecule has 7 nitrogen and oxygen atoms in total. The second-order valence-corrected chi connectivity index (χ2v) is 8.03. The van der Waals surface area contributed by atoms with Gasteiger partial charge in [0.2, 0.25) is 5.91 Å². The van der Waals surface area contributed by atoms with Gasteiger partial charge in [0.15, 0.2) is 12.0 Å². The summed E-state index contributed by atoms with van der Waals surface area (Å²) in [6, 6.07) is 7.56. The number of nitrogens with one attached hydrogen (secondary N) is 1. The van der Waals surface area contributed by atoms with E-state index >= 15 is 0 Å². The Labute approximate surface area is 179 Å². The summed E-state index contributed by atoms with van der Waals surface area (Å²) < 4.78 is 17.1. The second-order valence-electron chi connectivity index (χ2n) is 7.18. The summed E-state index contributed by atoms with van der Waals surface area (Å²) in [7, 11) is 3.02. The van der Waals surface area contributed by atoms with Crippen molar-refractivity contribution in [2.45, 2.75) is 44.1 Å². The number of hydrogen-bond donors (Lipinski definition) is 1. The van der Waals surface area contributed by atoms with E-state index in [1.165, 1.54) is 14.2 Å². The van der Waals surface area contributed by atoms with E-state index < -0.39 is 6.29 Å². The van der Waals surface area contributed by atoms with Gasteiger partial charge >= 0.3 is 0 Å². The molecule has 0 radical (unpaired) electrons. The van der Waals surface area contributed by atoms with E-state index in [0.29, 0.717) is 0 Å². The second kappa shape index (κ2) is 10.2. The van der Waals surface area contributed by atoms with Crippen LogP contribution >= 0.6 is 15.9 Å². The average molecular weight is 467 g/mol. The van der Waals surface area contributed by atoms with Crippen molar-refractivity contribution in [3.8, 4) is 0 Å². The first-order valence-corrected chi connectivity index (χ1v) is 10.6. The predicted octanol–water partition coefficient (Wildman–Crippen LogP) is 2.70. The molecule has 1 aromatic rings. The summed E-state index contributed by atoms with van der Waals surface area (Å²) in [4.78, 5) is 27.3. The highest BCUT2D eigenvalue weighted by molar-refractivity contribution is 9.10. The largest absolute Gasteiger partial charge is 0.482 e. The molecule has 2 aliphatic rings. The van der Waals surface area contributed by atoms with Gasteiger partial charge in [-0.3, -0.25) is 9.59 Å². The first-order valence-electron chi connectivity index (χ1n) is 9.79. The molecule has 1 aliphatic carbocycles. The molecule has 0 spiro atoms. The fraction of sp³-hybridized carbons (Fsp3) is 0.524. The lowest BCUT2D eigenvalue weighted by Crippen LogP contribution is -2.57. The van der Waals surface area contributed by atoms with Crippen LogP contribution in [0.4, 0.5) is 0 Å². The number of carbonyl (C=O) groups is 2. The summed E-state index contributed by atoms with van der Waals surface area (Å²) in [5, 5.41) is 2.77. The van der Waals surface area contributed by atoms with Gasteiger partial charge in [-0.15, -0.1) is 0 Å². The summed E-state index contributed by atoms with van der Waals surface area (Å²) in [6.45, 7) is 0.203. The molecule has 2 fully saturated rings. The Morgan fingerprint density at radius 2 is 2.03 bits per heavy atom. The molecule has 29 heavy (non-hydrogen) atoms. The van der Waals surface area contributed by atoms with E-state index in [9.17, 15) is 9.59 Å². The number of methoxy groups -OCH3 is 2. The van der Waals surface area contributed by atoms with E-state index in [1.807, 2.05) is 24.3 Å². The molecule has 0 bridgehead atoms. The van der Waals surface area contributed by atoms with Crippen molar-refractivity contribution in [3.05, 3.63) is 40.1 Å². The molecule has 3 rings (SSSR count). The third-order valence-corrected chi connectivity index (χ3v) is 6.04. The van der Waals surface area contributed by atoms with Crippen molar-refractivity contribution in [3.63, 3.8) is 0 Å². The summed E-state index contributed by atoms with van der Waals surface area (Å²) in [5.41, 5.74) is 0.859. The molecule has 1 N–H and O–H groups in total. The fourth-order valence-electron chi connectivity index (χ4n) is 3.77. The lowest BCUT2D eigenvalue weighted by atomic mass is 9.89. The minimum atomic E-state index is -0.521. The predicted molar refractivity (Wildman–Crippen MR) is 112 cm³/mol. The Balaban J connectivity index is 1.77. The molecular formula is C21H27BrN2O5. The van der Waals surface area contributed by atoms with Crippen molar-refractivity contribution in [2.24, 2.45) is 0 Å². The number of ether oxygens (including phenoxy) is 3. The maximum atomic E-state index is 13.2. The molecular weight excluding hydrogens is 440 g/mol. The van der Waals surface area contributed by atoms with E-state index in [-0.39, 0.29) is 42.8 Å². The van der Waals surface area contributed by atoms with E-state index in [0.717, 1.165) is 35.7 Å². The Bertz CT molecular complexity index is 765. The number of carbonyl (C=O) groups excluding carboxylic acids is 2. The number of amides is 2. The minimum absolute atomic E-state index is 0.0171. The molecule has 1 heterocycles. The Morgan fingerprint density at radius 3 is 2.76 bits per heavy atom. The van der Waals surface area contributed by atoms with E-state index in [2.05, 4.69) is 21.2 Å². The Morgan fingerprint density at radius 1 is 1.31 bits per heavy atom. The highest BCUT2D eigenvalue weighted by Crippen LogP contribution is 2.33. The maximum Gasteiger partial charge on any atom is 0.289 e. The SMILES string of the molecule is COC(CNC(=O)CN1C(=O)/C(=C\c2ccccc2Br)OC2CCCCC21)OC. The van der Waals surface area contributed by atoms with Gasteiger partial charge in [-0.2, -0.15) is 0 Å². The van der Waals surface area contributed by atoms with Crippen LogP contribution < -0.4 is 5.32 Å². The first kappa shape index (κ1) is 21.8. The normalized spacial score (nSPS) is 23.1. The molecule has 2 atom stereocenters. The monoisotopic (exact) mass is 466 g/mol. The van der Waals surface area contributed by atoms with Crippen LogP contribution in [0.3, 0.4) is 0 Å². The molecule has 1 aromatic carbocycles. The van der Waals surface area contributed by atoms with Gasteiger partial charge in [0.05, 0.1) is 12.6 Å².